The Bertz CT molecular complexity index is 667. The van der Waals surface area contributed by atoms with Gasteiger partial charge in [-0.2, -0.15) is 0 Å². The Labute approximate surface area is 142 Å². The van der Waals surface area contributed by atoms with Gasteiger partial charge in [-0.05, 0) is 30.3 Å². The standard InChI is InChI=1S/C19H22N2O3/c22-14-13-20-9-11-21(12-10-20)19(23)16-5-4-8-18(15-16)24-17-6-2-1-3-7-17/h1-8,15,22H,9-14H2. The van der Waals surface area contributed by atoms with E-state index in [0.717, 1.165) is 18.8 Å². The van der Waals surface area contributed by atoms with Crippen LogP contribution in [0.25, 0.3) is 0 Å². The molecule has 1 aliphatic rings. The van der Waals surface area contributed by atoms with Crippen molar-refractivity contribution in [3.8, 4) is 11.5 Å². The van der Waals surface area contributed by atoms with Gasteiger partial charge in [-0.15, -0.1) is 0 Å². The van der Waals surface area contributed by atoms with Crippen LogP contribution in [-0.2, 0) is 0 Å². The molecule has 0 saturated carbocycles. The first-order chi connectivity index (χ1) is 11.8. The number of piperazine rings is 1. The van der Waals surface area contributed by atoms with Gasteiger partial charge in [0.15, 0.2) is 0 Å². The lowest BCUT2D eigenvalue weighted by Gasteiger charge is -2.34. The zero-order valence-corrected chi connectivity index (χ0v) is 13.6. The minimum Gasteiger partial charge on any atom is -0.457 e. The molecule has 1 amide bonds. The van der Waals surface area contributed by atoms with E-state index in [1.165, 1.54) is 0 Å². The molecule has 2 aromatic rings. The summed E-state index contributed by atoms with van der Waals surface area (Å²) in [6, 6.07) is 16.8. The molecule has 1 saturated heterocycles. The Morgan fingerprint density at radius 1 is 0.958 bits per heavy atom. The molecule has 1 fully saturated rings. The predicted molar refractivity (Wildman–Crippen MR) is 92.4 cm³/mol. The molecular weight excluding hydrogens is 304 g/mol. The average molecular weight is 326 g/mol. The molecule has 0 bridgehead atoms. The van der Waals surface area contributed by atoms with Crippen LogP contribution in [0.5, 0.6) is 11.5 Å². The number of rotatable bonds is 5. The van der Waals surface area contributed by atoms with Crippen molar-refractivity contribution in [1.29, 1.82) is 0 Å². The Morgan fingerprint density at radius 3 is 2.38 bits per heavy atom. The van der Waals surface area contributed by atoms with E-state index in [0.29, 0.717) is 30.9 Å². The second kappa shape index (κ2) is 7.95. The monoisotopic (exact) mass is 326 g/mol. The molecule has 2 aromatic carbocycles. The minimum atomic E-state index is 0.0251. The number of aliphatic hydroxyl groups excluding tert-OH is 1. The van der Waals surface area contributed by atoms with Crippen molar-refractivity contribution < 1.29 is 14.6 Å². The quantitative estimate of drug-likeness (QED) is 0.915. The van der Waals surface area contributed by atoms with Gasteiger partial charge in [-0.25, -0.2) is 0 Å². The SMILES string of the molecule is O=C(c1cccc(Oc2ccccc2)c1)N1CCN(CCO)CC1. The molecule has 5 nitrogen and oxygen atoms in total. The number of para-hydroxylation sites is 1. The summed E-state index contributed by atoms with van der Waals surface area (Å²) in [4.78, 5) is 16.7. The predicted octanol–water partition coefficient (Wildman–Crippen LogP) is 2.23. The van der Waals surface area contributed by atoms with Gasteiger partial charge in [0.1, 0.15) is 11.5 Å². The zero-order valence-electron chi connectivity index (χ0n) is 13.6. The number of aliphatic hydroxyl groups is 1. The fraction of sp³-hybridized carbons (Fsp3) is 0.316. The van der Waals surface area contributed by atoms with E-state index in [1.54, 1.807) is 6.07 Å². The molecule has 0 aliphatic carbocycles. The molecule has 0 aromatic heterocycles. The molecule has 0 radical (unpaired) electrons. The smallest absolute Gasteiger partial charge is 0.254 e. The van der Waals surface area contributed by atoms with E-state index in [-0.39, 0.29) is 12.5 Å². The number of nitrogens with zero attached hydrogens (tertiary/aromatic N) is 2. The third kappa shape index (κ3) is 4.13. The Kier molecular flexibility index (Phi) is 5.46. The number of carbonyl (C=O) groups is 1. The first-order valence-electron chi connectivity index (χ1n) is 8.22. The summed E-state index contributed by atoms with van der Waals surface area (Å²) >= 11 is 0. The highest BCUT2D eigenvalue weighted by Crippen LogP contribution is 2.22. The summed E-state index contributed by atoms with van der Waals surface area (Å²) < 4.78 is 5.80. The second-order valence-electron chi connectivity index (χ2n) is 5.80. The van der Waals surface area contributed by atoms with Crippen molar-refractivity contribution in [2.45, 2.75) is 0 Å². The van der Waals surface area contributed by atoms with E-state index in [1.807, 2.05) is 53.4 Å². The number of carbonyl (C=O) groups excluding carboxylic acids is 1. The lowest BCUT2D eigenvalue weighted by Crippen LogP contribution is -2.49. The largest absolute Gasteiger partial charge is 0.457 e. The zero-order chi connectivity index (χ0) is 16.8. The Morgan fingerprint density at radius 2 is 1.67 bits per heavy atom. The molecule has 1 N–H and O–H groups in total. The van der Waals surface area contributed by atoms with Crippen molar-refractivity contribution in [3.63, 3.8) is 0 Å². The molecule has 0 spiro atoms. The highest BCUT2D eigenvalue weighted by Gasteiger charge is 2.22. The van der Waals surface area contributed by atoms with Gasteiger partial charge in [-0.1, -0.05) is 24.3 Å². The van der Waals surface area contributed by atoms with Crippen LogP contribution in [0.3, 0.4) is 0 Å². The highest BCUT2D eigenvalue weighted by molar-refractivity contribution is 5.94. The Balaban J connectivity index is 1.64. The molecule has 24 heavy (non-hydrogen) atoms. The lowest BCUT2D eigenvalue weighted by atomic mass is 10.1. The van der Waals surface area contributed by atoms with Crippen LogP contribution in [0.15, 0.2) is 54.6 Å². The number of hydrogen-bond donors (Lipinski definition) is 1. The van der Waals surface area contributed by atoms with Crippen molar-refractivity contribution in [2.24, 2.45) is 0 Å². The number of benzene rings is 2. The lowest BCUT2D eigenvalue weighted by molar-refractivity contribution is 0.0614. The maximum atomic E-state index is 12.7. The van der Waals surface area contributed by atoms with Crippen molar-refractivity contribution in [2.75, 3.05) is 39.3 Å². The van der Waals surface area contributed by atoms with Crippen LogP contribution in [0.1, 0.15) is 10.4 Å². The topological polar surface area (TPSA) is 53.0 Å². The summed E-state index contributed by atoms with van der Waals surface area (Å²) in [5.41, 5.74) is 0.638. The first kappa shape index (κ1) is 16.5. The maximum Gasteiger partial charge on any atom is 0.254 e. The van der Waals surface area contributed by atoms with Gasteiger partial charge in [-0.3, -0.25) is 9.69 Å². The second-order valence-corrected chi connectivity index (χ2v) is 5.80. The number of hydrogen-bond acceptors (Lipinski definition) is 4. The molecule has 0 atom stereocenters. The minimum absolute atomic E-state index is 0.0251. The van der Waals surface area contributed by atoms with Gasteiger partial charge < -0.3 is 14.7 Å². The summed E-state index contributed by atoms with van der Waals surface area (Å²) in [6.07, 6.45) is 0. The maximum absolute atomic E-state index is 12.7. The van der Waals surface area contributed by atoms with Crippen molar-refractivity contribution in [3.05, 3.63) is 60.2 Å². The summed E-state index contributed by atoms with van der Waals surface area (Å²) in [6.45, 7) is 3.79. The fourth-order valence-electron chi connectivity index (χ4n) is 2.82. The van der Waals surface area contributed by atoms with E-state index in [4.69, 9.17) is 9.84 Å². The summed E-state index contributed by atoms with van der Waals surface area (Å²) in [5.74, 6) is 1.43. The number of β-amino-alcohol motifs (C(OH)–C–C–N with tert-alkyl or cyclic N) is 1. The first-order valence-corrected chi connectivity index (χ1v) is 8.22. The molecular formula is C19H22N2O3. The van der Waals surface area contributed by atoms with Gasteiger partial charge in [0, 0.05) is 38.3 Å². The normalized spacial score (nSPS) is 15.3. The van der Waals surface area contributed by atoms with Crippen molar-refractivity contribution in [1.82, 2.24) is 9.80 Å². The van der Waals surface area contributed by atoms with Crippen molar-refractivity contribution >= 4 is 5.91 Å². The van der Waals surface area contributed by atoms with Crippen LogP contribution in [0, 0.1) is 0 Å². The van der Waals surface area contributed by atoms with Gasteiger partial charge in [0.2, 0.25) is 0 Å². The fourth-order valence-corrected chi connectivity index (χ4v) is 2.82. The molecule has 3 rings (SSSR count). The third-order valence-electron chi connectivity index (χ3n) is 4.14. The van der Waals surface area contributed by atoms with Crippen LogP contribution in [0.2, 0.25) is 0 Å². The third-order valence-corrected chi connectivity index (χ3v) is 4.14. The van der Waals surface area contributed by atoms with Crippen LogP contribution in [0.4, 0.5) is 0 Å². The average Bonchev–Trinajstić information content (AvgIpc) is 2.63. The van der Waals surface area contributed by atoms with Crippen LogP contribution < -0.4 is 4.74 Å². The van der Waals surface area contributed by atoms with Gasteiger partial charge in [0.25, 0.3) is 5.91 Å². The van der Waals surface area contributed by atoms with E-state index in [2.05, 4.69) is 4.90 Å². The summed E-state index contributed by atoms with van der Waals surface area (Å²) in [5, 5.41) is 8.99. The molecule has 5 heteroatoms. The summed E-state index contributed by atoms with van der Waals surface area (Å²) in [7, 11) is 0. The van der Waals surface area contributed by atoms with E-state index < -0.39 is 0 Å². The molecule has 0 unspecified atom stereocenters. The van der Waals surface area contributed by atoms with Crippen LogP contribution >= 0.6 is 0 Å². The van der Waals surface area contributed by atoms with Crippen LogP contribution in [-0.4, -0.2) is 60.1 Å². The molecule has 126 valence electrons. The highest BCUT2D eigenvalue weighted by atomic mass is 16.5. The number of ether oxygens (including phenoxy) is 1. The molecule has 1 heterocycles. The number of amides is 1. The van der Waals surface area contributed by atoms with Gasteiger partial charge in [0.05, 0.1) is 6.61 Å². The molecule has 1 aliphatic heterocycles. The van der Waals surface area contributed by atoms with E-state index >= 15 is 0 Å². The van der Waals surface area contributed by atoms with Gasteiger partial charge >= 0.3 is 0 Å². The Hall–Kier alpha value is -2.37. The van der Waals surface area contributed by atoms with E-state index in [9.17, 15) is 4.79 Å².